The minimum Gasteiger partial charge on any atom is -0.366 e. The molecule has 2 heterocycles. The number of hydrogen-bond acceptors (Lipinski definition) is 5. The Labute approximate surface area is 142 Å². The van der Waals surface area contributed by atoms with Crippen molar-refractivity contribution in [3.63, 3.8) is 0 Å². The van der Waals surface area contributed by atoms with Crippen molar-refractivity contribution in [1.29, 1.82) is 0 Å². The van der Waals surface area contributed by atoms with Crippen LogP contribution in [-0.2, 0) is 13.1 Å². The van der Waals surface area contributed by atoms with Crippen LogP contribution in [0.2, 0.25) is 0 Å². The van der Waals surface area contributed by atoms with Crippen molar-refractivity contribution in [2.24, 2.45) is 0 Å². The third-order valence-electron chi connectivity index (χ3n) is 3.56. The molecular weight excluding hydrogens is 298 g/mol. The van der Waals surface area contributed by atoms with E-state index in [9.17, 15) is 0 Å². The van der Waals surface area contributed by atoms with E-state index in [1.54, 1.807) is 6.20 Å². The topological polar surface area (TPSA) is 62.7 Å². The minimum atomic E-state index is 0.599. The van der Waals surface area contributed by atoms with E-state index < -0.39 is 0 Å². The van der Waals surface area contributed by atoms with Gasteiger partial charge >= 0.3 is 0 Å². The van der Waals surface area contributed by atoms with Crippen molar-refractivity contribution in [1.82, 2.24) is 15.0 Å². The van der Waals surface area contributed by atoms with Crippen LogP contribution in [-0.4, -0.2) is 15.0 Å². The molecule has 5 nitrogen and oxygen atoms in total. The van der Waals surface area contributed by atoms with E-state index in [1.165, 1.54) is 11.1 Å². The van der Waals surface area contributed by atoms with Crippen molar-refractivity contribution >= 4 is 11.8 Å². The van der Waals surface area contributed by atoms with Crippen LogP contribution in [0, 0.1) is 13.8 Å². The molecule has 2 N–H and O–H groups in total. The van der Waals surface area contributed by atoms with Crippen LogP contribution in [0.1, 0.15) is 22.5 Å². The summed E-state index contributed by atoms with van der Waals surface area (Å²) in [5.41, 5.74) is 4.36. The van der Waals surface area contributed by atoms with E-state index in [-0.39, 0.29) is 0 Å². The monoisotopic (exact) mass is 319 g/mol. The van der Waals surface area contributed by atoms with Gasteiger partial charge in [0.15, 0.2) is 0 Å². The lowest BCUT2D eigenvalue weighted by atomic mass is 10.1. The Balaban J connectivity index is 1.65. The summed E-state index contributed by atoms with van der Waals surface area (Å²) in [5.74, 6) is 1.42. The lowest BCUT2D eigenvalue weighted by Crippen LogP contribution is -2.08. The van der Waals surface area contributed by atoms with Gasteiger partial charge < -0.3 is 10.6 Å². The number of nitrogens with one attached hydrogen (secondary N) is 2. The van der Waals surface area contributed by atoms with Crippen molar-refractivity contribution < 1.29 is 0 Å². The van der Waals surface area contributed by atoms with Gasteiger partial charge in [-0.25, -0.2) is 4.98 Å². The molecule has 0 saturated carbocycles. The Hall–Kier alpha value is -2.95. The lowest BCUT2D eigenvalue weighted by molar-refractivity contribution is 0.982. The number of anilines is 2. The first-order valence-corrected chi connectivity index (χ1v) is 7.98. The van der Waals surface area contributed by atoms with E-state index in [0.717, 1.165) is 23.8 Å². The van der Waals surface area contributed by atoms with Crippen LogP contribution in [0.4, 0.5) is 11.8 Å². The average Bonchev–Trinajstić information content (AvgIpc) is 2.59. The molecule has 5 heteroatoms. The molecule has 3 aromatic rings. The fourth-order valence-electron chi connectivity index (χ4n) is 2.43. The zero-order valence-corrected chi connectivity index (χ0v) is 14.0. The molecule has 0 radical (unpaired) electrons. The number of benzene rings is 1. The highest BCUT2D eigenvalue weighted by Crippen LogP contribution is 2.12. The van der Waals surface area contributed by atoms with Crippen LogP contribution in [0.5, 0.6) is 0 Å². The molecule has 0 aliphatic carbocycles. The average molecular weight is 319 g/mol. The number of hydrogen-bond donors (Lipinski definition) is 2. The van der Waals surface area contributed by atoms with Gasteiger partial charge in [-0.15, -0.1) is 0 Å². The molecule has 2 aromatic heterocycles. The van der Waals surface area contributed by atoms with E-state index in [0.29, 0.717) is 12.5 Å². The SMILES string of the molecule is Cc1cccc(CNc2cc(C)nc(NCc3ccccn3)n2)c1. The second-order valence-electron chi connectivity index (χ2n) is 5.74. The zero-order chi connectivity index (χ0) is 16.8. The molecule has 0 amide bonds. The highest BCUT2D eigenvalue weighted by Gasteiger charge is 2.03. The molecule has 3 rings (SSSR count). The second-order valence-corrected chi connectivity index (χ2v) is 5.74. The molecule has 0 saturated heterocycles. The van der Waals surface area contributed by atoms with Crippen LogP contribution in [0.15, 0.2) is 54.7 Å². The number of aromatic nitrogens is 3. The number of nitrogens with zero attached hydrogens (tertiary/aromatic N) is 3. The van der Waals surface area contributed by atoms with Crippen molar-refractivity contribution in [2.75, 3.05) is 10.6 Å². The maximum atomic E-state index is 4.53. The maximum Gasteiger partial charge on any atom is 0.225 e. The van der Waals surface area contributed by atoms with Gasteiger partial charge in [-0.3, -0.25) is 4.98 Å². The Morgan fingerprint density at radius 3 is 2.58 bits per heavy atom. The van der Waals surface area contributed by atoms with Crippen LogP contribution >= 0.6 is 0 Å². The maximum absolute atomic E-state index is 4.53. The van der Waals surface area contributed by atoms with Gasteiger partial charge in [0.25, 0.3) is 0 Å². The lowest BCUT2D eigenvalue weighted by Gasteiger charge is -2.10. The summed E-state index contributed by atoms with van der Waals surface area (Å²) in [6, 6.07) is 16.2. The van der Waals surface area contributed by atoms with Gasteiger partial charge in [0.05, 0.1) is 12.2 Å². The minimum absolute atomic E-state index is 0.599. The molecule has 0 fully saturated rings. The summed E-state index contributed by atoms with van der Waals surface area (Å²) in [5, 5.41) is 6.59. The summed E-state index contributed by atoms with van der Waals surface area (Å²) >= 11 is 0. The standard InChI is InChI=1S/C19H21N5/c1-14-6-5-7-16(10-14)12-21-18-11-15(2)23-19(24-18)22-13-17-8-3-4-9-20-17/h3-11H,12-13H2,1-2H3,(H2,21,22,23,24). The summed E-state index contributed by atoms with van der Waals surface area (Å²) in [6.07, 6.45) is 1.78. The van der Waals surface area contributed by atoms with E-state index >= 15 is 0 Å². The van der Waals surface area contributed by atoms with Crippen LogP contribution in [0.25, 0.3) is 0 Å². The smallest absolute Gasteiger partial charge is 0.225 e. The number of pyridine rings is 1. The molecule has 0 aliphatic heterocycles. The van der Waals surface area contributed by atoms with E-state index in [1.807, 2.05) is 31.2 Å². The first-order chi connectivity index (χ1) is 11.7. The van der Waals surface area contributed by atoms with Gasteiger partial charge in [0.2, 0.25) is 5.95 Å². The summed E-state index contributed by atoms with van der Waals surface area (Å²) in [4.78, 5) is 13.2. The molecule has 0 spiro atoms. The van der Waals surface area contributed by atoms with E-state index in [4.69, 9.17) is 0 Å². The molecule has 0 atom stereocenters. The summed E-state index contributed by atoms with van der Waals surface area (Å²) < 4.78 is 0. The highest BCUT2D eigenvalue weighted by molar-refractivity contribution is 5.43. The van der Waals surface area contributed by atoms with Gasteiger partial charge in [0, 0.05) is 24.5 Å². The predicted molar refractivity (Wildman–Crippen MR) is 96.8 cm³/mol. The van der Waals surface area contributed by atoms with Crippen molar-refractivity contribution in [3.8, 4) is 0 Å². The van der Waals surface area contributed by atoms with E-state index in [2.05, 4.69) is 56.8 Å². The second kappa shape index (κ2) is 7.55. The molecule has 1 aromatic carbocycles. The fourth-order valence-corrected chi connectivity index (χ4v) is 2.43. The molecule has 0 unspecified atom stereocenters. The van der Waals surface area contributed by atoms with Crippen molar-refractivity contribution in [2.45, 2.75) is 26.9 Å². The molecule has 24 heavy (non-hydrogen) atoms. The van der Waals surface area contributed by atoms with Gasteiger partial charge in [-0.1, -0.05) is 35.9 Å². The van der Waals surface area contributed by atoms with Gasteiger partial charge in [-0.05, 0) is 31.5 Å². The zero-order valence-electron chi connectivity index (χ0n) is 14.0. The summed E-state index contributed by atoms with van der Waals surface area (Å²) in [6.45, 7) is 5.39. The predicted octanol–water partition coefficient (Wildman–Crippen LogP) is 3.71. The first kappa shape index (κ1) is 15.9. The van der Waals surface area contributed by atoms with Gasteiger partial charge in [-0.2, -0.15) is 4.98 Å². The Bertz CT molecular complexity index is 802. The number of rotatable bonds is 6. The first-order valence-electron chi connectivity index (χ1n) is 7.98. The molecule has 0 aliphatic rings. The molecule has 122 valence electrons. The fraction of sp³-hybridized carbons (Fsp3) is 0.211. The molecular formula is C19H21N5. The van der Waals surface area contributed by atoms with Gasteiger partial charge in [0.1, 0.15) is 5.82 Å². The quantitative estimate of drug-likeness (QED) is 0.725. The normalized spacial score (nSPS) is 10.4. The largest absolute Gasteiger partial charge is 0.366 e. The number of aryl methyl sites for hydroxylation is 2. The van der Waals surface area contributed by atoms with Crippen LogP contribution in [0.3, 0.4) is 0 Å². The summed E-state index contributed by atoms with van der Waals surface area (Å²) in [7, 11) is 0. The Morgan fingerprint density at radius 1 is 0.875 bits per heavy atom. The Kier molecular flexibility index (Phi) is 5.01. The van der Waals surface area contributed by atoms with Crippen molar-refractivity contribution in [3.05, 3.63) is 77.2 Å². The van der Waals surface area contributed by atoms with Crippen LogP contribution < -0.4 is 10.6 Å². The third kappa shape index (κ3) is 4.52. The Morgan fingerprint density at radius 2 is 1.79 bits per heavy atom. The highest BCUT2D eigenvalue weighted by atomic mass is 15.1. The third-order valence-corrected chi connectivity index (χ3v) is 3.56. The molecule has 0 bridgehead atoms.